The van der Waals surface area contributed by atoms with Crippen LogP contribution in [0.2, 0.25) is 0 Å². The molecular weight excluding hydrogens is 204 g/mol. The van der Waals surface area contributed by atoms with Gasteiger partial charge in [-0.25, -0.2) is 0 Å². The van der Waals surface area contributed by atoms with Gasteiger partial charge >= 0.3 is 0 Å². The lowest BCUT2D eigenvalue weighted by molar-refractivity contribution is -0.122. The summed E-state index contributed by atoms with van der Waals surface area (Å²) >= 11 is 0. The molecule has 1 fully saturated rings. The quantitative estimate of drug-likeness (QED) is 0.751. The molecule has 1 saturated carbocycles. The van der Waals surface area contributed by atoms with Crippen LogP contribution in [0.1, 0.15) is 26.7 Å². The van der Waals surface area contributed by atoms with Gasteiger partial charge in [0.1, 0.15) is 0 Å². The second-order valence-corrected chi connectivity index (χ2v) is 5.06. The van der Waals surface area contributed by atoms with Crippen LogP contribution in [0.25, 0.3) is 0 Å². The molecule has 1 unspecified atom stereocenters. The molecule has 1 aromatic heterocycles. The number of amides is 1. The Hall–Kier alpha value is -1.39. The molecule has 88 valence electrons. The van der Waals surface area contributed by atoms with Crippen molar-refractivity contribution in [2.75, 3.05) is 6.54 Å². The van der Waals surface area contributed by atoms with E-state index < -0.39 is 0 Å². The van der Waals surface area contributed by atoms with Gasteiger partial charge in [-0.15, -0.1) is 5.10 Å². The number of nitrogens with zero attached hydrogens (tertiary/aromatic N) is 3. The first-order valence-corrected chi connectivity index (χ1v) is 5.71. The summed E-state index contributed by atoms with van der Waals surface area (Å²) < 4.78 is 1.77. The molecule has 0 aromatic carbocycles. The third kappa shape index (κ3) is 2.59. The fourth-order valence-corrected chi connectivity index (χ4v) is 1.84. The lowest BCUT2D eigenvalue weighted by atomic mass is 10.1. The van der Waals surface area contributed by atoms with E-state index in [0.29, 0.717) is 6.54 Å². The number of carbonyl (C=O) groups excluding carboxylic acids is 1. The van der Waals surface area contributed by atoms with Gasteiger partial charge in [0.15, 0.2) is 0 Å². The Bertz CT molecular complexity index is 358. The second-order valence-electron chi connectivity index (χ2n) is 5.06. The Morgan fingerprint density at radius 3 is 2.94 bits per heavy atom. The summed E-state index contributed by atoms with van der Waals surface area (Å²) in [6, 6.07) is 0. The van der Waals surface area contributed by atoms with Gasteiger partial charge in [0.2, 0.25) is 5.91 Å². The number of nitrogens with one attached hydrogen (secondary N) is 1. The van der Waals surface area contributed by atoms with Gasteiger partial charge in [0.05, 0.1) is 6.20 Å². The normalized spacial score (nSPS) is 21.8. The first-order valence-electron chi connectivity index (χ1n) is 5.71. The number of aromatic nitrogens is 3. The van der Waals surface area contributed by atoms with Crippen molar-refractivity contribution in [1.29, 1.82) is 0 Å². The standard InChI is InChI=1S/C11H18N4O/c1-11(2)8-9(11)10(16)12-4-3-6-15-7-5-13-14-15/h5,7,9H,3-4,6,8H2,1-2H3,(H,12,16). The monoisotopic (exact) mass is 222 g/mol. The highest BCUT2D eigenvalue weighted by molar-refractivity contribution is 5.82. The van der Waals surface area contributed by atoms with Crippen LogP contribution in [-0.4, -0.2) is 27.4 Å². The Kier molecular flexibility index (Phi) is 2.94. The maximum Gasteiger partial charge on any atom is 0.223 e. The van der Waals surface area contributed by atoms with E-state index in [9.17, 15) is 4.79 Å². The van der Waals surface area contributed by atoms with Crippen LogP contribution < -0.4 is 5.32 Å². The maximum atomic E-state index is 11.6. The van der Waals surface area contributed by atoms with Crippen LogP contribution in [-0.2, 0) is 11.3 Å². The van der Waals surface area contributed by atoms with E-state index in [1.165, 1.54) is 0 Å². The van der Waals surface area contributed by atoms with Gasteiger partial charge < -0.3 is 5.32 Å². The zero-order valence-corrected chi connectivity index (χ0v) is 9.81. The van der Waals surface area contributed by atoms with E-state index in [1.54, 1.807) is 10.9 Å². The molecule has 1 aromatic rings. The molecule has 0 aliphatic heterocycles. The largest absolute Gasteiger partial charge is 0.356 e. The van der Waals surface area contributed by atoms with Crippen LogP contribution in [0.15, 0.2) is 12.4 Å². The van der Waals surface area contributed by atoms with E-state index in [0.717, 1.165) is 19.4 Å². The number of hydrogen-bond acceptors (Lipinski definition) is 3. The summed E-state index contributed by atoms with van der Waals surface area (Å²) in [5.74, 6) is 0.419. The van der Waals surface area contributed by atoms with Crippen LogP contribution in [0, 0.1) is 11.3 Å². The van der Waals surface area contributed by atoms with Crippen molar-refractivity contribution in [2.45, 2.75) is 33.2 Å². The number of rotatable bonds is 5. The second kappa shape index (κ2) is 4.23. The minimum absolute atomic E-state index is 0.198. The summed E-state index contributed by atoms with van der Waals surface area (Å²) in [6.45, 7) is 5.78. The van der Waals surface area contributed by atoms with Crippen molar-refractivity contribution in [2.24, 2.45) is 11.3 Å². The summed E-state index contributed by atoms with van der Waals surface area (Å²) in [5.41, 5.74) is 0.218. The average Bonchev–Trinajstić information content (AvgIpc) is 2.67. The molecule has 0 saturated heterocycles. The van der Waals surface area contributed by atoms with Gasteiger partial charge in [-0.1, -0.05) is 19.1 Å². The molecule has 1 aliphatic rings. The first kappa shape index (κ1) is 11.1. The third-order valence-electron chi connectivity index (χ3n) is 3.17. The van der Waals surface area contributed by atoms with Crippen molar-refractivity contribution in [1.82, 2.24) is 20.3 Å². The average molecular weight is 222 g/mol. The fraction of sp³-hybridized carbons (Fsp3) is 0.727. The molecule has 1 amide bonds. The molecule has 0 spiro atoms. The molecule has 2 rings (SSSR count). The number of carbonyl (C=O) groups is 1. The minimum Gasteiger partial charge on any atom is -0.356 e. The fourth-order valence-electron chi connectivity index (χ4n) is 1.84. The molecule has 16 heavy (non-hydrogen) atoms. The minimum atomic E-state index is 0.198. The molecule has 1 heterocycles. The molecule has 1 N–H and O–H groups in total. The third-order valence-corrected chi connectivity index (χ3v) is 3.17. The van der Waals surface area contributed by atoms with Crippen LogP contribution in [0.5, 0.6) is 0 Å². The van der Waals surface area contributed by atoms with Gasteiger partial charge in [0.25, 0.3) is 0 Å². The van der Waals surface area contributed by atoms with Crippen LogP contribution in [0.3, 0.4) is 0 Å². The molecule has 1 atom stereocenters. The van der Waals surface area contributed by atoms with E-state index in [1.807, 2.05) is 6.20 Å². The first-order chi connectivity index (χ1) is 7.59. The Balaban J connectivity index is 1.60. The zero-order chi connectivity index (χ0) is 11.6. The lowest BCUT2D eigenvalue weighted by Gasteiger charge is -2.06. The van der Waals surface area contributed by atoms with E-state index in [2.05, 4.69) is 29.5 Å². The maximum absolute atomic E-state index is 11.6. The number of aryl methyl sites for hydroxylation is 1. The van der Waals surface area contributed by atoms with E-state index in [-0.39, 0.29) is 17.2 Å². The van der Waals surface area contributed by atoms with Crippen LogP contribution in [0.4, 0.5) is 0 Å². The highest BCUT2D eigenvalue weighted by Crippen LogP contribution is 2.51. The van der Waals surface area contributed by atoms with Crippen molar-refractivity contribution in [3.05, 3.63) is 12.4 Å². The summed E-state index contributed by atoms with van der Waals surface area (Å²) in [7, 11) is 0. The highest BCUT2D eigenvalue weighted by Gasteiger charge is 2.50. The highest BCUT2D eigenvalue weighted by atomic mass is 16.2. The molecular formula is C11H18N4O. The van der Waals surface area contributed by atoms with Crippen molar-refractivity contribution >= 4 is 5.91 Å². The van der Waals surface area contributed by atoms with Gasteiger partial charge in [-0.2, -0.15) is 0 Å². The van der Waals surface area contributed by atoms with Crippen molar-refractivity contribution in [3.8, 4) is 0 Å². The van der Waals surface area contributed by atoms with Crippen LogP contribution >= 0.6 is 0 Å². The van der Waals surface area contributed by atoms with E-state index >= 15 is 0 Å². The van der Waals surface area contributed by atoms with Gasteiger partial charge in [-0.3, -0.25) is 9.48 Å². The number of hydrogen-bond donors (Lipinski definition) is 1. The Labute approximate surface area is 95.2 Å². The van der Waals surface area contributed by atoms with E-state index in [4.69, 9.17) is 0 Å². The zero-order valence-electron chi connectivity index (χ0n) is 9.81. The summed E-state index contributed by atoms with van der Waals surface area (Å²) in [6.07, 6.45) is 5.39. The SMILES string of the molecule is CC1(C)CC1C(=O)NCCCn1ccnn1. The lowest BCUT2D eigenvalue weighted by Crippen LogP contribution is -2.28. The summed E-state index contributed by atoms with van der Waals surface area (Å²) in [4.78, 5) is 11.6. The van der Waals surface area contributed by atoms with Gasteiger partial charge in [-0.05, 0) is 18.3 Å². The Morgan fingerprint density at radius 2 is 2.38 bits per heavy atom. The molecule has 5 nitrogen and oxygen atoms in total. The van der Waals surface area contributed by atoms with Gasteiger partial charge in [0, 0.05) is 25.2 Å². The molecule has 0 bridgehead atoms. The molecule has 5 heteroatoms. The predicted octanol–water partition coefficient (Wildman–Crippen LogP) is 0.830. The Morgan fingerprint density at radius 1 is 1.62 bits per heavy atom. The molecule has 1 aliphatic carbocycles. The predicted molar refractivity (Wildman–Crippen MR) is 59.5 cm³/mol. The molecule has 0 radical (unpaired) electrons. The summed E-state index contributed by atoms with van der Waals surface area (Å²) in [5, 5.41) is 10.5. The topological polar surface area (TPSA) is 59.8 Å². The van der Waals surface area contributed by atoms with Crippen molar-refractivity contribution in [3.63, 3.8) is 0 Å². The smallest absolute Gasteiger partial charge is 0.223 e. The van der Waals surface area contributed by atoms with Crippen molar-refractivity contribution < 1.29 is 4.79 Å².